The van der Waals surface area contributed by atoms with Crippen molar-refractivity contribution in [1.82, 2.24) is 0 Å². The lowest BCUT2D eigenvalue weighted by Crippen LogP contribution is -1.96. The van der Waals surface area contributed by atoms with Gasteiger partial charge >= 0.3 is 0 Å². The van der Waals surface area contributed by atoms with E-state index in [2.05, 4.69) is 0 Å². The molecule has 0 aliphatic rings. The van der Waals surface area contributed by atoms with E-state index in [0.29, 0.717) is 0 Å². The Kier molecular flexibility index (Phi) is 2.63. The normalized spacial score (nSPS) is 12.5. The van der Waals surface area contributed by atoms with Crippen LogP contribution >= 0.6 is 0 Å². The SMILES string of the molecule is Cc1cc([N+](=O)[O-])ccc1C(C)O. The molecule has 1 atom stereocenters. The number of benzene rings is 1. The molecule has 0 aliphatic heterocycles. The predicted octanol–water partition coefficient (Wildman–Crippen LogP) is 1.96. The highest BCUT2D eigenvalue weighted by molar-refractivity contribution is 5.39. The van der Waals surface area contributed by atoms with Crippen LogP contribution in [0.25, 0.3) is 0 Å². The quantitative estimate of drug-likeness (QED) is 0.560. The highest BCUT2D eigenvalue weighted by Crippen LogP contribution is 2.21. The third-order valence-corrected chi connectivity index (χ3v) is 1.91. The molecule has 1 aromatic carbocycles. The first kappa shape index (κ1) is 9.67. The summed E-state index contributed by atoms with van der Waals surface area (Å²) in [7, 11) is 0. The summed E-state index contributed by atoms with van der Waals surface area (Å²) in [5.74, 6) is 0. The van der Waals surface area contributed by atoms with Crippen molar-refractivity contribution >= 4 is 5.69 Å². The van der Waals surface area contributed by atoms with Crippen molar-refractivity contribution in [2.24, 2.45) is 0 Å². The van der Waals surface area contributed by atoms with Gasteiger partial charge in [0.1, 0.15) is 0 Å². The Balaban J connectivity index is 3.13. The van der Waals surface area contributed by atoms with Crippen molar-refractivity contribution in [3.05, 3.63) is 39.4 Å². The topological polar surface area (TPSA) is 63.4 Å². The minimum absolute atomic E-state index is 0.0573. The molecule has 0 aromatic heterocycles. The molecule has 0 spiro atoms. The Labute approximate surface area is 76.0 Å². The molecule has 1 rings (SSSR count). The number of nitrogens with zero attached hydrogens (tertiary/aromatic N) is 1. The number of aliphatic hydroxyl groups is 1. The van der Waals surface area contributed by atoms with Crippen molar-refractivity contribution in [1.29, 1.82) is 0 Å². The third kappa shape index (κ3) is 2.03. The maximum atomic E-state index is 10.4. The number of hydrogen-bond acceptors (Lipinski definition) is 3. The fraction of sp³-hybridized carbons (Fsp3) is 0.333. The Bertz CT molecular complexity index is 334. The van der Waals surface area contributed by atoms with Crippen LogP contribution in [0.1, 0.15) is 24.2 Å². The number of rotatable bonds is 2. The van der Waals surface area contributed by atoms with Crippen LogP contribution in [0.15, 0.2) is 18.2 Å². The van der Waals surface area contributed by atoms with Gasteiger partial charge in [-0.1, -0.05) is 0 Å². The van der Waals surface area contributed by atoms with E-state index in [9.17, 15) is 15.2 Å². The number of aliphatic hydroxyl groups excluding tert-OH is 1. The zero-order chi connectivity index (χ0) is 10.0. The Morgan fingerprint density at radius 3 is 2.54 bits per heavy atom. The van der Waals surface area contributed by atoms with Crippen LogP contribution in [0.2, 0.25) is 0 Å². The average molecular weight is 181 g/mol. The van der Waals surface area contributed by atoms with Crippen molar-refractivity contribution < 1.29 is 10.0 Å². The summed E-state index contributed by atoms with van der Waals surface area (Å²) in [5, 5.41) is 19.6. The fourth-order valence-electron chi connectivity index (χ4n) is 1.24. The second kappa shape index (κ2) is 3.53. The monoisotopic (exact) mass is 181 g/mol. The molecule has 0 saturated heterocycles. The molecule has 0 bridgehead atoms. The van der Waals surface area contributed by atoms with Gasteiger partial charge in [0, 0.05) is 12.1 Å². The molecule has 13 heavy (non-hydrogen) atoms. The molecule has 0 aliphatic carbocycles. The molecule has 0 saturated carbocycles. The molecular weight excluding hydrogens is 170 g/mol. The highest BCUT2D eigenvalue weighted by atomic mass is 16.6. The van der Waals surface area contributed by atoms with Gasteiger partial charge in [-0.15, -0.1) is 0 Å². The lowest BCUT2D eigenvalue weighted by molar-refractivity contribution is -0.384. The van der Waals surface area contributed by atoms with Crippen LogP contribution in [-0.4, -0.2) is 10.0 Å². The summed E-state index contributed by atoms with van der Waals surface area (Å²) >= 11 is 0. The molecule has 1 N–H and O–H groups in total. The summed E-state index contributed by atoms with van der Waals surface area (Å²) < 4.78 is 0. The van der Waals surface area contributed by atoms with Gasteiger partial charge in [0.2, 0.25) is 0 Å². The van der Waals surface area contributed by atoms with Gasteiger partial charge < -0.3 is 5.11 Å². The van der Waals surface area contributed by atoms with Crippen LogP contribution in [0.5, 0.6) is 0 Å². The number of hydrogen-bond donors (Lipinski definition) is 1. The van der Waals surface area contributed by atoms with Crippen molar-refractivity contribution in [2.45, 2.75) is 20.0 Å². The first-order valence-corrected chi connectivity index (χ1v) is 3.95. The van der Waals surface area contributed by atoms with E-state index in [1.807, 2.05) is 0 Å². The average Bonchev–Trinajstić information content (AvgIpc) is 2.03. The van der Waals surface area contributed by atoms with Crippen LogP contribution in [0.4, 0.5) is 5.69 Å². The van der Waals surface area contributed by atoms with E-state index in [0.717, 1.165) is 11.1 Å². The van der Waals surface area contributed by atoms with Gasteiger partial charge in [-0.05, 0) is 31.0 Å². The minimum atomic E-state index is -0.583. The molecule has 1 unspecified atom stereocenters. The van der Waals surface area contributed by atoms with Gasteiger partial charge in [0.15, 0.2) is 0 Å². The zero-order valence-electron chi connectivity index (χ0n) is 7.52. The summed E-state index contributed by atoms with van der Waals surface area (Å²) in [6, 6.07) is 4.44. The maximum absolute atomic E-state index is 10.4. The smallest absolute Gasteiger partial charge is 0.269 e. The fourth-order valence-corrected chi connectivity index (χ4v) is 1.24. The second-order valence-electron chi connectivity index (χ2n) is 2.97. The van der Waals surface area contributed by atoms with E-state index in [1.165, 1.54) is 12.1 Å². The van der Waals surface area contributed by atoms with Gasteiger partial charge in [0.25, 0.3) is 5.69 Å². The van der Waals surface area contributed by atoms with E-state index < -0.39 is 11.0 Å². The largest absolute Gasteiger partial charge is 0.389 e. The Morgan fingerprint density at radius 1 is 1.54 bits per heavy atom. The standard InChI is InChI=1S/C9H11NO3/c1-6-5-8(10(12)13)3-4-9(6)7(2)11/h3-5,7,11H,1-2H3. The summed E-state index contributed by atoms with van der Waals surface area (Å²) in [6.45, 7) is 3.38. The van der Waals surface area contributed by atoms with E-state index in [4.69, 9.17) is 0 Å². The van der Waals surface area contributed by atoms with Crippen molar-refractivity contribution in [2.75, 3.05) is 0 Å². The third-order valence-electron chi connectivity index (χ3n) is 1.91. The number of nitro benzene ring substituents is 1. The zero-order valence-corrected chi connectivity index (χ0v) is 7.52. The molecule has 0 radical (unpaired) electrons. The summed E-state index contributed by atoms with van der Waals surface area (Å²) in [4.78, 5) is 9.93. The van der Waals surface area contributed by atoms with E-state index in [1.54, 1.807) is 19.9 Å². The highest BCUT2D eigenvalue weighted by Gasteiger charge is 2.10. The lowest BCUT2D eigenvalue weighted by Gasteiger charge is -2.07. The second-order valence-corrected chi connectivity index (χ2v) is 2.97. The molecule has 1 aromatic rings. The molecular formula is C9H11NO3. The molecule has 4 heteroatoms. The van der Waals surface area contributed by atoms with E-state index in [-0.39, 0.29) is 5.69 Å². The van der Waals surface area contributed by atoms with Gasteiger partial charge in [0.05, 0.1) is 11.0 Å². The summed E-state index contributed by atoms with van der Waals surface area (Å²) in [5.41, 5.74) is 1.52. The number of nitro groups is 1. The van der Waals surface area contributed by atoms with Crippen LogP contribution < -0.4 is 0 Å². The van der Waals surface area contributed by atoms with Gasteiger partial charge in [-0.3, -0.25) is 10.1 Å². The van der Waals surface area contributed by atoms with E-state index >= 15 is 0 Å². The Hall–Kier alpha value is -1.42. The van der Waals surface area contributed by atoms with Crippen LogP contribution in [0.3, 0.4) is 0 Å². The molecule has 0 amide bonds. The molecule has 0 fully saturated rings. The summed E-state index contributed by atoms with van der Waals surface area (Å²) in [6.07, 6.45) is -0.583. The molecule has 4 nitrogen and oxygen atoms in total. The van der Waals surface area contributed by atoms with Crippen LogP contribution in [0, 0.1) is 17.0 Å². The minimum Gasteiger partial charge on any atom is -0.389 e. The number of non-ortho nitro benzene ring substituents is 1. The lowest BCUT2D eigenvalue weighted by atomic mass is 10.0. The first-order chi connectivity index (χ1) is 6.02. The first-order valence-electron chi connectivity index (χ1n) is 3.95. The molecule has 70 valence electrons. The number of aryl methyl sites for hydroxylation is 1. The maximum Gasteiger partial charge on any atom is 0.269 e. The Morgan fingerprint density at radius 2 is 2.15 bits per heavy atom. The van der Waals surface area contributed by atoms with Crippen LogP contribution in [-0.2, 0) is 0 Å². The van der Waals surface area contributed by atoms with Gasteiger partial charge in [-0.2, -0.15) is 0 Å². The molecule has 0 heterocycles. The predicted molar refractivity (Wildman–Crippen MR) is 48.5 cm³/mol. The van der Waals surface area contributed by atoms with Crippen molar-refractivity contribution in [3.63, 3.8) is 0 Å². The van der Waals surface area contributed by atoms with Crippen molar-refractivity contribution in [3.8, 4) is 0 Å². The van der Waals surface area contributed by atoms with Gasteiger partial charge in [-0.25, -0.2) is 0 Å².